The van der Waals surface area contributed by atoms with Crippen LogP contribution in [0.3, 0.4) is 0 Å². The van der Waals surface area contributed by atoms with Crippen LogP contribution in [-0.2, 0) is 0 Å². The molecule has 0 aliphatic heterocycles. The van der Waals surface area contributed by atoms with Crippen LogP contribution in [-0.4, -0.2) is 29.5 Å². The summed E-state index contributed by atoms with van der Waals surface area (Å²) in [4.78, 5) is 0. The number of phenolic OH excluding ortho intramolecular Hbond substituents is 3. The van der Waals surface area contributed by atoms with Crippen LogP contribution in [0.15, 0.2) is 42.7 Å². The summed E-state index contributed by atoms with van der Waals surface area (Å²) < 4.78 is 12.3. The summed E-state index contributed by atoms with van der Waals surface area (Å²) in [5.41, 5.74) is 0.765. The Morgan fingerprint density at radius 3 is 2.35 bits per heavy atom. The van der Waals surface area contributed by atoms with Crippen LogP contribution in [0.25, 0.3) is 27.1 Å². The highest BCUT2D eigenvalue weighted by atomic mass is 79.9. The Bertz CT molecular complexity index is 1160. The minimum atomic E-state index is -0.305. The van der Waals surface area contributed by atoms with Gasteiger partial charge in [-0.25, -0.2) is 0 Å². The van der Waals surface area contributed by atoms with E-state index in [1.54, 1.807) is 18.3 Å². The molecule has 0 fully saturated rings. The molecule has 0 unspecified atom stereocenters. The van der Waals surface area contributed by atoms with Gasteiger partial charge in [-0.1, -0.05) is 0 Å². The lowest BCUT2D eigenvalue weighted by atomic mass is 10.0. The van der Waals surface area contributed by atoms with Crippen molar-refractivity contribution < 1.29 is 46.2 Å². The Labute approximate surface area is 159 Å². The van der Waals surface area contributed by atoms with Crippen LogP contribution >= 0.6 is 0 Å². The number of pyridine rings is 2. The standard InChI is InChI=1S/C19H15NO5.BrH/c1-24-15-4-3-10-7-13-16-11(8-14(21)18(23)19(16)25-2)5-6-20(13)9-12(10)17(15)22;/h3-9H,1-2H3,(H2,21,22,23);1H. The molecule has 0 bridgehead atoms. The summed E-state index contributed by atoms with van der Waals surface area (Å²) in [6.45, 7) is 0. The van der Waals surface area contributed by atoms with E-state index >= 15 is 0 Å². The maximum absolute atomic E-state index is 10.4. The van der Waals surface area contributed by atoms with Gasteiger partial charge in [0.2, 0.25) is 11.3 Å². The molecule has 4 aromatic rings. The molecule has 134 valence electrons. The van der Waals surface area contributed by atoms with Crippen molar-refractivity contribution in [2.75, 3.05) is 14.2 Å². The van der Waals surface area contributed by atoms with E-state index in [9.17, 15) is 15.3 Å². The number of aromatic nitrogens is 1. The van der Waals surface area contributed by atoms with Gasteiger partial charge in [0.25, 0.3) is 0 Å². The second kappa shape index (κ2) is 6.42. The molecule has 0 saturated carbocycles. The Hall–Kier alpha value is -2.93. The van der Waals surface area contributed by atoms with Gasteiger partial charge < -0.3 is 41.8 Å². The molecule has 0 aliphatic carbocycles. The van der Waals surface area contributed by atoms with E-state index in [2.05, 4.69) is 0 Å². The zero-order valence-electron chi connectivity index (χ0n) is 14.0. The van der Waals surface area contributed by atoms with Crippen molar-refractivity contribution in [2.45, 2.75) is 0 Å². The van der Waals surface area contributed by atoms with E-state index in [0.29, 0.717) is 16.5 Å². The number of benzene rings is 2. The molecule has 4 rings (SSSR count). The third-order valence-electron chi connectivity index (χ3n) is 4.41. The maximum atomic E-state index is 10.4. The van der Waals surface area contributed by atoms with Crippen LogP contribution in [0.2, 0.25) is 0 Å². The highest BCUT2D eigenvalue weighted by Gasteiger charge is 2.21. The third kappa shape index (κ3) is 2.43. The number of phenols is 3. The van der Waals surface area contributed by atoms with Gasteiger partial charge in [-0.3, -0.25) is 0 Å². The number of ether oxygens (including phenoxy) is 2. The van der Waals surface area contributed by atoms with Crippen molar-refractivity contribution in [1.82, 2.24) is 0 Å². The van der Waals surface area contributed by atoms with E-state index in [0.717, 1.165) is 16.3 Å². The first kappa shape index (κ1) is 17.9. The van der Waals surface area contributed by atoms with Gasteiger partial charge in [0.05, 0.1) is 19.6 Å². The Morgan fingerprint density at radius 1 is 0.885 bits per heavy atom. The number of rotatable bonds is 2. The predicted octanol–water partition coefficient (Wildman–Crippen LogP) is -0.130. The number of fused-ring (bicyclic) bond motifs is 4. The van der Waals surface area contributed by atoms with Crippen molar-refractivity contribution in [3.8, 4) is 28.7 Å². The maximum Gasteiger partial charge on any atom is 0.223 e. The Kier molecular flexibility index (Phi) is 4.41. The molecule has 2 heterocycles. The zero-order valence-corrected chi connectivity index (χ0v) is 15.6. The lowest BCUT2D eigenvalue weighted by Gasteiger charge is -2.10. The van der Waals surface area contributed by atoms with E-state index in [1.807, 2.05) is 22.7 Å². The van der Waals surface area contributed by atoms with E-state index in [-0.39, 0.29) is 40.0 Å². The summed E-state index contributed by atoms with van der Waals surface area (Å²) in [6.07, 6.45) is 3.59. The summed E-state index contributed by atoms with van der Waals surface area (Å²) in [6, 6.07) is 8.71. The zero-order chi connectivity index (χ0) is 17.7. The highest BCUT2D eigenvalue weighted by Crippen LogP contribution is 2.43. The van der Waals surface area contributed by atoms with Gasteiger partial charge in [0.1, 0.15) is 5.39 Å². The van der Waals surface area contributed by atoms with Crippen LogP contribution < -0.4 is 30.9 Å². The largest absolute Gasteiger partial charge is 1.00 e. The van der Waals surface area contributed by atoms with Crippen molar-refractivity contribution >= 4 is 27.1 Å². The normalized spacial score (nSPS) is 10.8. The molecular formula is C19H16BrNO5. The molecule has 26 heavy (non-hydrogen) atoms. The highest BCUT2D eigenvalue weighted by molar-refractivity contribution is 6.04. The first-order valence-electron chi connectivity index (χ1n) is 7.61. The fraction of sp³-hybridized carbons (Fsp3) is 0.105. The Morgan fingerprint density at radius 2 is 1.65 bits per heavy atom. The summed E-state index contributed by atoms with van der Waals surface area (Å²) >= 11 is 0. The second-order valence-corrected chi connectivity index (χ2v) is 5.74. The molecule has 0 spiro atoms. The lowest BCUT2D eigenvalue weighted by Crippen LogP contribution is -3.00. The summed E-state index contributed by atoms with van der Waals surface area (Å²) in [5, 5.41) is 33.2. The number of hydrogen-bond donors (Lipinski definition) is 3. The minimum absolute atomic E-state index is 0. The van der Waals surface area contributed by atoms with Crippen molar-refractivity contribution in [2.24, 2.45) is 0 Å². The van der Waals surface area contributed by atoms with Gasteiger partial charge in [0.15, 0.2) is 35.4 Å². The van der Waals surface area contributed by atoms with Gasteiger partial charge in [-0.2, -0.15) is 4.40 Å². The molecule has 0 atom stereocenters. The number of halogens is 1. The summed E-state index contributed by atoms with van der Waals surface area (Å²) in [7, 11) is 2.94. The topological polar surface area (TPSA) is 83.2 Å². The molecule has 0 saturated heterocycles. The van der Waals surface area contributed by atoms with Crippen molar-refractivity contribution in [1.29, 1.82) is 0 Å². The van der Waals surface area contributed by atoms with Gasteiger partial charge >= 0.3 is 0 Å². The van der Waals surface area contributed by atoms with Gasteiger partial charge in [-0.15, -0.1) is 0 Å². The monoisotopic (exact) mass is 417 g/mol. The second-order valence-electron chi connectivity index (χ2n) is 5.74. The molecular weight excluding hydrogens is 402 g/mol. The van der Waals surface area contributed by atoms with Gasteiger partial charge in [-0.05, 0) is 23.6 Å². The van der Waals surface area contributed by atoms with Crippen molar-refractivity contribution in [3.63, 3.8) is 0 Å². The molecule has 6 nitrogen and oxygen atoms in total. The van der Waals surface area contributed by atoms with Crippen LogP contribution in [0.5, 0.6) is 28.7 Å². The van der Waals surface area contributed by atoms with E-state index in [1.165, 1.54) is 20.3 Å². The summed E-state index contributed by atoms with van der Waals surface area (Å²) in [5.74, 6) is 0.117. The third-order valence-corrected chi connectivity index (χ3v) is 4.41. The van der Waals surface area contributed by atoms with Crippen LogP contribution in [0, 0.1) is 0 Å². The number of hydrogen-bond acceptors (Lipinski definition) is 5. The average molecular weight is 418 g/mol. The molecule has 3 N–H and O–H groups in total. The molecule has 2 aromatic carbocycles. The number of methoxy groups -OCH3 is 2. The number of aromatic hydroxyl groups is 3. The first-order chi connectivity index (χ1) is 12.0. The quantitative estimate of drug-likeness (QED) is 0.183. The fourth-order valence-electron chi connectivity index (χ4n) is 3.19. The fourth-order valence-corrected chi connectivity index (χ4v) is 3.19. The number of nitrogens with zero attached hydrogens (tertiary/aromatic N) is 1. The minimum Gasteiger partial charge on any atom is -1.00 e. The molecule has 0 radical (unpaired) electrons. The van der Waals surface area contributed by atoms with Crippen molar-refractivity contribution in [3.05, 3.63) is 42.7 Å². The van der Waals surface area contributed by atoms with Gasteiger partial charge in [0, 0.05) is 17.5 Å². The Balaban J connectivity index is 0.00000196. The smallest absolute Gasteiger partial charge is 0.223 e. The lowest BCUT2D eigenvalue weighted by molar-refractivity contribution is -0.509. The molecule has 2 aromatic heterocycles. The van der Waals surface area contributed by atoms with Crippen LogP contribution in [0.1, 0.15) is 0 Å². The molecule has 0 aliphatic rings. The van der Waals surface area contributed by atoms with Crippen LogP contribution in [0.4, 0.5) is 0 Å². The first-order valence-corrected chi connectivity index (χ1v) is 7.61. The van der Waals surface area contributed by atoms with E-state index in [4.69, 9.17) is 9.47 Å². The molecule has 7 heteroatoms. The predicted molar refractivity (Wildman–Crippen MR) is 92.7 cm³/mol. The molecule has 0 amide bonds. The average Bonchev–Trinajstić information content (AvgIpc) is 2.62. The SMILES string of the molecule is COc1ccc2cc3c4c(OC)c(O)c(O)cc4cc[n+]3cc2c1O.[Br-]. The van der Waals surface area contributed by atoms with E-state index < -0.39 is 0 Å².